The summed E-state index contributed by atoms with van der Waals surface area (Å²) < 4.78 is 0. The second-order valence-corrected chi connectivity index (χ2v) is 6.99. The van der Waals surface area contributed by atoms with Crippen LogP contribution in [0.4, 0.5) is 0 Å². The summed E-state index contributed by atoms with van der Waals surface area (Å²) in [7, 11) is 0. The van der Waals surface area contributed by atoms with E-state index in [0.29, 0.717) is 5.56 Å². The van der Waals surface area contributed by atoms with Gasteiger partial charge in [-0.3, -0.25) is 4.79 Å². The third kappa shape index (κ3) is 3.52. The number of fused-ring (bicyclic) bond motifs is 1. The molecule has 3 heteroatoms. The highest BCUT2D eigenvalue weighted by molar-refractivity contribution is 6.07. The lowest BCUT2D eigenvalue weighted by molar-refractivity contribution is 0.0941. The molecule has 1 aromatic heterocycles. The van der Waals surface area contributed by atoms with Crippen LogP contribution in [0.2, 0.25) is 0 Å². The van der Waals surface area contributed by atoms with Gasteiger partial charge < -0.3 is 5.32 Å². The van der Waals surface area contributed by atoms with Gasteiger partial charge in [0.05, 0.1) is 22.8 Å². The molecular weight excluding hydrogens is 344 g/mol. The molecule has 1 heterocycles. The minimum atomic E-state index is -0.0928. The first-order valence-corrected chi connectivity index (χ1v) is 9.45. The Morgan fingerprint density at radius 2 is 1.57 bits per heavy atom. The van der Waals surface area contributed by atoms with Gasteiger partial charge in [-0.05, 0) is 37.1 Å². The number of carbonyl (C=O) groups is 1. The van der Waals surface area contributed by atoms with Crippen molar-refractivity contribution in [1.82, 2.24) is 10.3 Å². The van der Waals surface area contributed by atoms with E-state index in [1.807, 2.05) is 85.8 Å². The highest BCUT2D eigenvalue weighted by Gasteiger charge is 2.17. The van der Waals surface area contributed by atoms with Crippen molar-refractivity contribution >= 4 is 16.8 Å². The molecule has 3 nitrogen and oxygen atoms in total. The quantitative estimate of drug-likeness (QED) is 0.503. The first kappa shape index (κ1) is 17.9. The molecule has 3 aromatic carbocycles. The van der Waals surface area contributed by atoms with Crippen molar-refractivity contribution < 1.29 is 4.79 Å². The number of carbonyl (C=O) groups excluding carboxylic acids is 1. The van der Waals surface area contributed by atoms with Crippen LogP contribution < -0.4 is 5.32 Å². The van der Waals surface area contributed by atoms with Crippen LogP contribution in [0, 0.1) is 6.92 Å². The van der Waals surface area contributed by atoms with Gasteiger partial charge in [0.25, 0.3) is 5.91 Å². The van der Waals surface area contributed by atoms with E-state index in [2.05, 4.69) is 18.3 Å². The minimum absolute atomic E-state index is 0.0810. The number of benzene rings is 3. The van der Waals surface area contributed by atoms with Gasteiger partial charge in [-0.1, -0.05) is 72.8 Å². The topological polar surface area (TPSA) is 42.0 Å². The van der Waals surface area contributed by atoms with Crippen LogP contribution in [0.1, 0.15) is 34.5 Å². The number of pyridine rings is 1. The largest absolute Gasteiger partial charge is 0.345 e. The first-order valence-electron chi connectivity index (χ1n) is 9.45. The van der Waals surface area contributed by atoms with Crippen molar-refractivity contribution in [3.63, 3.8) is 0 Å². The zero-order valence-corrected chi connectivity index (χ0v) is 16.0. The fourth-order valence-electron chi connectivity index (χ4n) is 3.46. The number of para-hydroxylation sites is 1. The van der Waals surface area contributed by atoms with Crippen molar-refractivity contribution in [2.45, 2.75) is 19.9 Å². The van der Waals surface area contributed by atoms with Crippen LogP contribution in [-0.4, -0.2) is 10.9 Å². The van der Waals surface area contributed by atoms with Gasteiger partial charge in [-0.25, -0.2) is 4.98 Å². The molecule has 0 radical (unpaired) electrons. The van der Waals surface area contributed by atoms with Crippen molar-refractivity contribution in [3.8, 4) is 11.3 Å². The Kier molecular flexibility index (Phi) is 4.90. The van der Waals surface area contributed by atoms with Gasteiger partial charge in [0.15, 0.2) is 0 Å². The molecule has 4 aromatic rings. The smallest absolute Gasteiger partial charge is 0.252 e. The average Bonchev–Trinajstić information content (AvgIpc) is 2.74. The van der Waals surface area contributed by atoms with Gasteiger partial charge in [0.2, 0.25) is 0 Å². The minimum Gasteiger partial charge on any atom is -0.345 e. The van der Waals surface area contributed by atoms with Crippen LogP contribution in [0.25, 0.3) is 22.2 Å². The van der Waals surface area contributed by atoms with E-state index in [0.717, 1.165) is 33.3 Å². The highest BCUT2D eigenvalue weighted by Crippen LogP contribution is 2.27. The SMILES string of the molecule is Cc1ccccc1-c1cc(C(=O)N[C@H](C)c2ccccc2)c2ccccc2n1. The molecule has 1 N–H and O–H groups in total. The third-order valence-electron chi connectivity index (χ3n) is 5.03. The molecule has 0 unspecified atom stereocenters. The van der Waals surface area contributed by atoms with Crippen molar-refractivity contribution in [3.05, 3.63) is 102 Å². The number of amides is 1. The van der Waals surface area contributed by atoms with Crippen molar-refractivity contribution in [2.24, 2.45) is 0 Å². The Morgan fingerprint density at radius 1 is 0.893 bits per heavy atom. The molecule has 0 fully saturated rings. The van der Waals surface area contributed by atoms with E-state index < -0.39 is 0 Å². The predicted octanol–water partition coefficient (Wildman–Crippen LogP) is 5.70. The number of nitrogens with zero attached hydrogens (tertiary/aromatic N) is 1. The molecule has 0 aliphatic carbocycles. The van der Waals surface area contributed by atoms with Gasteiger partial charge in [-0.2, -0.15) is 0 Å². The van der Waals surface area contributed by atoms with Crippen LogP contribution in [0.3, 0.4) is 0 Å². The van der Waals surface area contributed by atoms with E-state index in [9.17, 15) is 4.79 Å². The molecule has 0 spiro atoms. The Bertz CT molecular complexity index is 1140. The highest BCUT2D eigenvalue weighted by atomic mass is 16.1. The standard InChI is InChI=1S/C25H22N2O/c1-17-10-6-7-13-20(17)24-16-22(21-14-8-9-15-23(21)27-24)25(28)26-18(2)19-11-4-3-5-12-19/h3-16,18H,1-2H3,(H,26,28)/t18-/m1/s1. The fraction of sp³-hybridized carbons (Fsp3) is 0.120. The van der Waals surface area contributed by atoms with E-state index in [1.54, 1.807) is 0 Å². The number of aryl methyl sites for hydroxylation is 1. The van der Waals surface area contributed by atoms with E-state index in [-0.39, 0.29) is 11.9 Å². The number of hydrogen-bond donors (Lipinski definition) is 1. The monoisotopic (exact) mass is 366 g/mol. The molecule has 0 saturated carbocycles. The van der Waals surface area contributed by atoms with Crippen LogP contribution in [-0.2, 0) is 0 Å². The first-order chi connectivity index (χ1) is 13.6. The number of rotatable bonds is 4. The zero-order chi connectivity index (χ0) is 19.5. The lowest BCUT2D eigenvalue weighted by Gasteiger charge is -2.16. The Labute approximate surface area is 165 Å². The summed E-state index contributed by atoms with van der Waals surface area (Å²) in [5.41, 5.74) is 5.53. The summed E-state index contributed by atoms with van der Waals surface area (Å²) >= 11 is 0. The summed E-state index contributed by atoms with van der Waals surface area (Å²) in [5.74, 6) is -0.0928. The summed E-state index contributed by atoms with van der Waals surface area (Å²) in [6.45, 7) is 4.06. The average molecular weight is 366 g/mol. The maximum Gasteiger partial charge on any atom is 0.252 e. The maximum absolute atomic E-state index is 13.2. The Balaban J connectivity index is 1.77. The number of hydrogen-bond acceptors (Lipinski definition) is 2. The zero-order valence-electron chi connectivity index (χ0n) is 16.0. The van der Waals surface area contributed by atoms with Crippen LogP contribution in [0.15, 0.2) is 84.9 Å². The Hall–Kier alpha value is -3.46. The predicted molar refractivity (Wildman–Crippen MR) is 114 cm³/mol. The molecular formula is C25H22N2O. The van der Waals surface area contributed by atoms with E-state index in [1.165, 1.54) is 0 Å². The molecule has 4 rings (SSSR count). The maximum atomic E-state index is 13.2. The summed E-state index contributed by atoms with van der Waals surface area (Å²) in [4.78, 5) is 18.0. The molecule has 0 aliphatic rings. The fourth-order valence-corrected chi connectivity index (χ4v) is 3.46. The van der Waals surface area contributed by atoms with Gasteiger partial charge in [0.1, 0.15) is 0 Å². The normalized spacial score (nSPS) is 11.9. The molecule has 1 amide bonds. The molecule has 0 bridgehead atoms. The Morgan fingerprint density at radius 3 is 2.36 bits per heavy atom. The molecule has 138 valence electrons. The molecule has 0 saturated heterocycles. The van der Waals surface area contributed by atoms with E-state index in [4.69, 9.17) is 4.98 Å². The summed E-state index contributed by atoms with van der Waals surface area (Å²) in [5, 5.41) is 3.99. The van der Waals surface area contributed by atoms with Gasteiger partial charge >= 0.3 is 0 Å². The lowest BCUT2D eigenvalue weighted by atomic mass is 10.00. The second-order valence-electron chi connectivity index (χ2n) is 6.99. The molecule has 1 atom stereocenters. The number of nitrogens with one attached hydrogen (secondary N) is 1. The van der Waals surface area contributed by atoms with Gasteiger partial charge in [-0.15, -0.1) is 0 Å². The number of aromatic nitrogens is 1. The second kappa shape index (κ2) is 7.65. The van der Waals surface area contributed by atoms with Crippen LogP contribution in [0.5, 0.6) is 0 Å². The van der Waals surface area contributed by atoms with Crippen molar-refractivity contribution in [1.29, 1.82) is 0 Å². The lowest BCUT2D eigenvalue weighted by Crippen LogP contribution is -2.27. The third-order valence-corrected chi connectivity index (χ3v) is 5.03. The van der Waals surface area contributed by atoms with E-state index >= 15 is 0 Å². The van der Waals surface area contributed by atoms with Crippen LogP contribution >= 0.6 is 0 Å². The summed E-state index contributed by atoms with van der Waals surface area (Å²) in [6.07, 6.45) is 0. The summed E-state index contributed by atoms with van der Waals surface area (Å²) in [6, 6.07) is 27.7. The van der Waals surface area contributed by atoms with Gasteiger partial charge in [0, 0.05) is 10.9 Å². The molecule has 0 aliphatic heterocycles. The molecule has 28 heavy (non-hydrogen) atoms. The van der Waals surface area contributed by atoms with Crippen molar-refractivity contribution in [2.75, 3.05) is 0 Å².